The highest BCUT2D eigenvalue weighted by Gasteiger charge is 2.02. The van der Waals surface area contributed by atoms with Gasteiger partial charge in [-0.15, -0.1) is 0 Å². The van der Waals surface area contributed by atoms with E-state index in [-0.39, 0.29) is 0 Å². The Hall–Kier alpha value is -2.49. The highest BCUT2D eigenvalue weighted by Crippen LogP contribution is 2.19. The van der Waals surface area contributed by atoms with Crippen LogP contribution in [0.4, 0.5) is 0 Å². The summed E-state index contributed by atoms with van der Waals surface area (Å²) in [6.45, 7) is 0.415. The van der Waals surface area contributed by atoms with Gasteiger partial charge in [-0.25, -0.2) is 4.79 Å². The second-order valence-electron chi connectivity index (χ2n) is 4.24. The van der Waals surface area contributed by atoms with Crippen molar-refractivity contribution in [2.45, 2.75) is 6.61 Å². The Morgan fingerprint density at radius 3 is 2.65 bits per heavy atom. The Morgan fingerprint density at radius 2 is 1.95 bits per heavy atom. The zero-order valence-electron chi connectivity index (χ0n) is 10.8. The molecule has 0 aliphatic heterocycles. The van der Waals surface area contributed by atoms with Crippen molar-refractivity contribution < 1.29 is 14.6 Å². The third-order valence-electron chi connectivity index (χ3n) is 2.68. The molecule has 98 valence electrons. The van der Waals surface area contributed by atoms with E-state index in [4.69, 9.17) is 17.7 Å². The molecule has 0 bridgehead atoms. The van der Waals surface area contributed by atoms with Gasteiger partial charge < -0.3 is 9.84 Å². The lowest BCUT2D eigenvalue weighted by atomic mass is 9.94. The number of carboxylic acid groups (broad SMARTS) is 1. The number of ether oxygens (including phenoxy) is 1. The first-order chi connectivity index (χ1) is 9.65. The first kappa shape index (κ1) is 13.9. The lowest BCUT2D eigenvalue weighted by molar-refractivity contribution is -0.131. The molecule has 0 saturated carbocycles. The van der Waals surface area contributed by atoms with E-state index >= 15 is 0 Å². The van der Waals surface area contributed by atoms with Gasteiger partial charge in [0.2, 0.25) is 0 Å². The van der Waals surface area contributed by atoms with Crippen LogP contribution in [-0.4, -0.2) is 18.9 Å². The molecule has 0 amide bonds. The van der Waals surface area contributed by atoms with E-state index < -0.39 is 5.97 Å². The summed E-state index contributed by atoms with van der Waals surface area (Å²) in [6, 6.07) is 14.9. The van der Waals surface area contributed by atoms with E-state index in [0.29, 0.717) is 23.4 Å². The molecule has 2 radical (unpaired) electrons. The third kappa shape index (κ3) is 4.02. The molecule has 0 aliphatic rings. The zero-order chi connectivity index (χ0) is 14.4. The van der Waals surface area contributed by atoms with Gasteiger partial charge in [0.1, 0.15) is 20.2 Å². The fraction of sp³-hybridized carbons (Fsp3) is 0.0625. The van der Waals surface area contributed by atoms with Crippen molar-refractivity contribution >= 4 is 25.4 Å². The van der Waals surface area contributed by atoms with Crippen LogP contribution in [0.3, 0.4) is 0 Å². The SMILES string of the molecule is [B]c1ccc(OCc2ccccc2)c(/C=C/C(=O)O)c1. The van der Waals surface area contributed by atoms with Crippen LogP contribution < -0.4 is 10.2 Å². The van der Waals surface area contributed by atoms with E-state index in [1.54, 1.807) is 18.2 Å². The summed E-state index contributed by atoms with van der Waals surface area (Å²) in [5, 5.41) is 8.68. The number of hydrogen-bond donors (Lipinski definition) is 1. The van der Waals surface area contributed by atoms with Crippen LogP contribution in [0, 0.1) is 0 Å². The molecule has 2 rings (SSSR count). The van der Waals surface area contributed by atoms with Crippen molar-refractivity contribution in [3.05, 3.63) is 65.7 Å². The van der Waals surface area contributed by atoms with Crippen LogP contribution in [0.15, 0.2) is 54.6 Å². The lowest BCUT2D eigenvalue weighted by Gasteiger charge is -2.10. The zero-order valence-corrected chi connectivity index (χ0v) is 10.8. The Kier molecular flexibility index (Phi) is 4.61. The molecule has 2 aromatic rings. The van der Waals surface area contributed by atoms with Gasteiger partial charge in [-0.05, 0) is 17.7 Å². The summed E-state index contributed by atoms with van der Waals surface area (Å²) < 4.78 is 5.71. The molecule has 4 heteroatoms. The average molecular weight is 264 g/mol. The fourth-order valence-electron chi connectivity index (χ4n) is 1.73. The normalized spacial score (nSPS) is 10.6. The van der Waals surface area contributed by atoms with Crippen molar-refractivity contribution in [3.63, 3.8) is 0 Å². The molecular weight excluding hydrogens is 251 g/mol. The lowest BCUT2D eigenvalue weighted by Crippen LogP contribution is -2.04. The van der Waals surface area contributed by atoms with E-state index in [2.05, 4.69) is 0 Å². The molecule has 0 saturated heterocycles. The summed E-state index contributed by atoms with van der Waals surface area (Å²) in [5.74, 6) is -0.415. The summed E-state index contributed by atoms with van der Waals surface area (Å²) in [7, 11) is 5.70. The fourth-order valence-corrected chi connectivity index (χ4v) is 1.73. The van der Waals surface area contributed by atoms with Gasteiger partial charge >= 0.3 is 5.97 Å². The maximum absolute atomic E-state index is 10.6. The first-order valence-corrected chi connectivity index (χ1v) is 6.12. The van der Waals surface area contributed by atoms with Crippen LogP contribution >= 0.6 is 0 Å². The van der Waals surface area contributed by atoms with Gasteiger partial charge in [0.05, 0.1) is 0 Å². The highest BCUT2D eigenvalue weighted by atomic mass is 16.5. The molecule has 20 heavy (non-hydrogen) atoms. The third-order valence-corrected chi connectivity index (χ3v) is 2.68. The first-order valence-electron chi connectivity index (χ1n) is 6.12. The number of rotatable bonds is 5. The molecule has 0 spiro atoms. The molecular formula is C16H13BO3. The Bertz CT molecular complexity index is 621. The maximum atomic E-state index is 10.6. The van der Waals surface area contributed by atoms with Crippen LogP contribution in [-0.2, 0) is 11.4 Å². The number of carbonyl (C=O) groups is 1. The minimum Gasteiger partial charge on any atom is -0.488 e. The van der Waals surface area contributed by atoms with Gasteiger partial charge in [0.15, 0.2) is 0 Å². The Labute approximate surface area is 118 Å². The quantitative estimate of drug-likeness (QED) is 0.665. The molecule has 0 fully saturated rings. The van der Waals surface area contributed by atoms with Crippen molar-refractivity contribution in [2.75, 3.05) is 0 Å². The second kappa shape index (κ2) is 6.61. The monoisotopic (exact) mass is 264 g/mol. The predicted octanol–water partition coefficient (Wildman–Crippen LogP) is 2.16. The molecule has 3 nitrogen and oxygen atoms in total. The van der Waals surface area contributed by atoms with Gasteiger partial charge in [-0.2, -0.15) is 0 Å². The van der Waals surface area contributed by atoms with Crippen molar-refractivity contribution in [1.82, 2.24) is 0 Å². The number of aliphatic carboxylic acids is 1. The van der Waals surface area contributed by atoms with Crippen molar-refractivity contribution in [1.29, 1.82) is 0 Å². The van der Waals surface area contributed by atoms with Crippen molar-refractivity contribution in [3.8, 4) is 5.75 Å². The van der Waals surface area contributed by atoms with Gasteiger partial charge in [0.25, 0.3) is 0 Å². The average Bonchev–Trinajstić information content (AvgIpc) is 2.45. The number of hydrogen-bond acceptors (Lipinski definition) is 2. The largest absolute Gasteiger partial charge is 0.488 e. The summed E-state index contributed by atoms with van der Waals surface area (Å²) in [4.78, 5) is 10.6. The molecule has 0 unspecified atom stereocenters. The Morgan fingerprint density at radius 1 is 1.20 bits per heavy atom. The van der Waals surface area contributed by atoms with Crippen LogP contribution in [0.5, 0.6) is 5.75 Å². The van der Waals surface area contributed by atoms with Crippen LogP contribution in [0.25, 0.3) is 6.08 Å². The van der Waals surface area contributed by atoms with Crippen molar-refractivity contribution in [2.24, 2.45) is 0 Å². The van der Waals surface area contributed by atoms with E-state index in [1.807, 2.05) is 30.3 Å². The predicted molar refractivity (Wildman–Crippen MR) is 79.3 cm³/mol. The molecule has 0 atom stereocenters. The summed E-state index contributed by atoms with van der Waals surface area (Å²) in [5.41, 5.74) is 2.24. The van der Waals surface area contributed by atoms with Gasteiger partial charge in [-0.1, -0.05) is 47.9 Å². The maximum Gasteiger partial charge on any atom is 0.328 e. The van der Waals surface area contributed by atoms with Crippen LogP contribution in [0.2, 0.25) is 0 Å². The molecule has 0 heterocycles. The Balaban J connectivity index is 2.16. The van der Waals surface area contributed by atoms with Gasteiger partial charge in [-0.3, -0.25) is 0 Å². The molecule has 0 aliphatic carbocycles. The number of benzene rings is 2. The second-order valence-corrected chi connectivity index (χ2v) is 4.24. The smallest absolute Gasteiger partial charge is 0.328 e. The highest BCUT2D eigenvalue weighted by molar-refractivity contribution is 6.32. The summed E-state index contributed by atoms with van der Waals surface area (Å²) >= 11 is 0. The molecule has 2 aromatic carbocycles. The minimum atomic E-state index is -1.01. The molecule has 1 N–H and O–H groups in total. The number of carboxylic acids is 1. The van der Waals surface area contributed by atoms with E-state index in [1.165, 1.54) is 6.08 Å². The van der Waals surface area contributed by atoms with Gasteiger partial charge in [0, 0.05) is 11.6 Å². The molecule has 0 aromatic heterocycles. The van der Waals surface area contributed by atoms with E-state index in [0.717, 1.165) is 11.6 Å². The van der Waals surface area contributed by atoms with E-state index in [9.17, 15) is 4.79 Å². The topological polar surface area (TPSA) is 46.5 Å². The summed E-state index contributed by atoms with van der Waals surface area (Å²) in [6.07, 6.45) is 2.53. The minimum absolute atomic E-state index is 0.415. The van der Waals surface area contributed by atoms with Crippen LogP contribution in [0.1, 0.15) is 11.1 Å². The standard InChI is InChI=1S/C16H13BO3/c17-14-7-8-15(13(10-14)6-9-16(18)19)20-11-12-4-2-1-3-5-12/h1-10H,11H2,(H,18,19)/b9-6+.